The molecule has 0 radical (unpaired) electrons. The Morgan fingerprint density at radius 1 is 1.11 bits per heavy atom. The minimum absolute atomic E-state index is 0.958. The van der Waals surface area contributed by atoms with E-state index in [1.807, 2.05) is 25.9 Å². The molecule has 1 heterocycles. The normalized spacial score (nSPS) is 15.6. The second kappa shape index (κ2) is 6.45. The van der Waals surface area contributed by atoms with Crippen molar-refractivity contribution in [1.82, 2.24) is 0 Å². The van der Waals surface area contributed by atoms with Crippen LogP contribution in [0.3, 0.4) is 0 Å². The van der Waals surface area contributed by atoms with Crippen LogP contribution >= 0.6 is 11.8 Å². The monoisotopic (exact) mass is 258 g/mol. The Balaban J connectivity index is 1.92. The number of allylic oxidation sites excluding steroid dienone is 2. The number of hydrogen-bond donors (Lipinski definition) is 0. The smallest absolute Gasteiger partial charge is 0.0905 e. The molecule has 1 aliphatic rings. The summed E-state index contributed by atoms with van der Waals surface area (Å²) in [6.45, 7) is 0.958. The lowest BCUT2D eigenvalue weighted by Crippen LogP contribution is -2.07. The van der Waals surface area contributed by atoms with Gasteiger partial charge in [0, 0.05) is 32.1 Å². The van der Waals surface area contributed by atoms with Crippen LogP contribution in [0.5, 0.6) is 0 Å². The van der Waals surface area contributed by atoms with E-state index in [2.05, 4.69) is 58.5 Å². The zero-order valence-electron chi connectivity index (χ0n) is 10.8. The van der Waals surface area contributed by atoms with Crippen LogP contribution in [0.4, 0.5) is 5.69 Å². The Hall–Kier alpha value is -1.48. The van der Waals surface area contributed by atoms with E-state index in [0.29, 0.717) is 0 Å². The van der Waals surface area contributed by atoms with Crippen molar-refractivity contribution in [2.24, 2.45) is 4.99 Å². The lowest BCUT2D eigenvalue weighted by Gasteiger charge is -2.11. The van der Waals surface area contributed by atoms with Gasteiger partial charge in [0.1, 0.15) is 0 Å². The van der Waals surface area contributed by atoms with Crippen molar-refractivity contribution >= 4 is 28.6 Å². The molecule has 0 fully saturated rings. The molecule has 0 aliphatic carbocycles. The highest BCUT2D eigenvalue weighted by Crippen LogP contribution is 2.14. The lowest BCUT2D eigenvalue weighted by atomic mass is 10.2. The summed E-state index contributed by atoms with van der Waals surface area (Å²) < 4.78 is 0. The van der Waals surface area contributed by atoms with Gasteiger partial charge in [0.25, 0.3) is 0 Å². The van der Waals surface area contributed by atoms with E-state index < -0.39 is 0 Å². The molecule has 0 atom stereocenters. The Morgan fingerprint density at radius 2 is 1.83 bits per heavy atom. The summed E-state index contributed by atoms with van der Waals surface area (Å²) >= 11 is 1.82. The van der Waals surface area contributed by atoms with E-state index in [-0.39, 0.29) is 0 Å². The van der Waals surface area contributed by atoms with E-state index in [4.69, 9.17) is 0 Å². The Labute approximate surface area is 113 Å². The Bertz CT molecular complexity index is 470. The van der Waals surface area contributed by atoms with Crippen molar-refractivity contribution in [2.75, 3.05) is 31.3 Å². The molecule has 2 nitrogen and oxygen atoms in total. The van der Waals surface area contributed by atoms with Crippen molar-refractivity contribution < 1.29 is 0 Å². The van der Waals surface area contributed by atoms with Gasteiger partial charge in [-0.05, 0) is 23.8 Å². The molecule has 2 rings (SSSR count). The van der Waals surface area contributed by atoms with Crippen molar-refractivity contribution in [3.63, 3.8) is 0 Å². The largest absolute Gasteiger partial charge is 0.378 e. The highest BCUT2D eigenvalue weighted by Gasteiger charge is 2.00. The van der Waals surface area contributed by atoms with Gasteiger partial charge in [-0.15, -0.1) is 11.8 Å². The highest BCUT2D eigenvalue weighted by molar-refractivity contribution is 8.14. The summed E-state index contributed by atoms with van der Waals surface area (Å²) in [7, 11) is 4.10. The molecular formula is C15H18N2S. The van der Waals surface area contributed by atoms with Crippen LogP contribution in [0.2, 0.25) is 0 Å². The fourth-order valence-corrected chi connectivity index (χ4v) is 2.39. The van der Waals surface area contributed by atoms with Crippen molar-refractivity contribution in [3.05, 3.63) is 48.1 Å². The maximum Gasteiger partial charge on any atom is 0.0905 e. The average molecular weight is 258 g/mol. The zero-order chi connectivity index (χ0) is 12.8. The Kier molecular flexibility index (Phi) is 4.65. The van der Waals surface area contributed by atoms with E-state index in [1.54, 1.807) is 0 Å². The minimum Gasteiger partial charge on any atom is -0.378 e. The first-order valence-corrected chi connectivity index (χ1v) is 7.03. The molecular weight excluding hydrogens is 240 g/mol. The maximum absolute atomic E-state index is 4.36. The molecule has 1 aromatic rings. The van der Waals surface area contributed by atoms with E-state index >= 15 is 0 Å². The summed E-state index contributed by atoms with van der Waals surface area (Å²) in [4.78, 5) is 6.46. The standard InChI is InChI=1S/C15H18N2S/c1-17(2)14-9-7-13(8-10-14)5-3-4-6-15-16-11-12-18-15/h3-10H,11-12H2,1-2H3/b5-3+,6-4+. The van der Waals surface area contributed by atoms with E-state index in [9.17, 15) is 0 Å². The molecule has 1 aromatic carbocycles. The lowest BCUT2D eigenvalue weighted by molar-refractivity contribution is 1.13. The third kappa shape index (κ3) is 3.77. The summed E-state index contributed by atoms with van der Waals surface area (Å²) in [5.74, 6) is 1.12. The topological polar surface area (TPSA) is 15.6 Å². The summed E-state index contributed by atoms with van der Waals surface area (Å²) in [6, 6.07) is 8.50. The van der Waals surface area contributed by atoms with Crippen LogP contribution in [-0.2, 0) is 0 Å². The molecule has 1 aliphatic heterocycles. The molecule has 0 saturated carbocycles. The van der Waals surface area contributed by atoms with E-state index in [0.717, 1.165) is 17.3 Å². The summed E-state index contributed by atoms with van der Waals surface area (Å²) in [5, 5.41) is 1.14. The van der Waals surface area contributed by atoms with Crippen LogP contribution in [0, 0.1) is 0 Å². The highest BCUT2D eigenvalue weighted by atomic mass is 32.2. The quantitative estimate of drug-likeness (QED) is 0.769. The fraction of sp³-hybridized carbons (Fsp3) is 0.267. The molecule has 3 heteroatoms. The number of anilines is 1. The summed E-state index contributed by atoms with van der Waals surface area (Å²) in [6.07, 6.45) is 8.29. The van der Waals surface area contributed by atoms with Gasteiger partial charge >= 0.3 is 0 Å². The third-order valence-electron chi connectivity index (χ3n) is 2.66. The maximum atomic E-state index is 4.36. The second-order valence-corrected chi connectivity index (χ2v) is 5.39. The van der Waals surface area contributed by atoms with Gasteiger partial charge in [0.2, 0.25) is 0 Å². The van der Waals surface area contributed by atoms with Gasteiger partial charge in [-0.3, -0.25) is 4.99 Å². The molecule has 94 valence electrons. The van der Waals surface area contributed by atoms with Gasteiger partial charge in [-0.1, -0.05) is 30.4 Å². The summed E-state index contributed by atoms with van der Waals surface area (Å²) in [5.41, 5.74) is 2.44. The van der Waals surface area contributed by atoms with Gasteiger partial charge < -0.3 is 4.90 Å². The first kappa shape index (κ1) is 13.0. The number of rotatable bonds is 4. The van der Waals surface area contributed by atoms with Crippen LogP contribution in [0.15, 0.2) is 47.5 Å². The minimum atomic E-state index is 0.958. The first-order chi connectivity index (χ1) is 8.75. The molecule has 0 aromatic heterocycles. The molecule has 0 unspecified atom stereocenters. The average Bonchev–Trinajstić information content (AvgIpc) is 2.88. The van der Waals surface area contributed by atoms with Crippen LogP contribution in [0.25, 0.3) is 6.08 Å². The molecule has 0 saturated heterocycles. The van der Waals surface area contributed by atoms with Gasteiger partial charge in [0.15, 0.2) is 0 Å². The third-order valence-corrected chi connectivity index (χ3v) is 3.60. The van der Waals surface area contributed by atoms with Crippen molar-refractivity contribution in [2.45, 2.75) is 0 Å². The Morgan fingerprint density at radius 3 is 2.44 bits per heavy atom. The second-order valence-electron chi connectivity index (χ2n) is 4.27. The number of hydrogen-bond acceptors (Lipinski definition) is 3. The van der Waals surface area contributed by atoms with Crippen molar-refractivity contribution in [3.8, 4) is 0 Å². The molecule has 0 N–H and O–H groups in total. The van der Waals surface area contributed by atoms with E-state index in [1.165, 1.54) is 11.3 Å². The van der Waals surface area contributed by atoms with Crippen molar-refractivity contribution in [1.29, 1.82) is 0 Å². The van der Waals surface area contributed by atoms with Gasteiger partial charge in [-0.25, -0.2) is 0 Å². The zero-order valence-corrected chi connectivity index (χ0v) is 11.7. The predicted octanol–water partition coefficient (Wildman–Crippen LogP) is 3.47. The number of nitrogens with zero attached hydrogens (tertiary/aromatic N) is 2. The SMILES string of the molecule is CN(C)c1ccc(/C=C/C=C/C2=NCCS2)cc1. The van der Waals surface area contributed by atoms with Gasteiger partial charge in [0.05, 0.1) is 5.04 Å². The molecule has 0 amide bonds. The van der Waals surface area contributed by atoms with Crippen LogP contribution < -0.4 is 4.90 Å². The van der Waals surface area contributed by atoms with Crippen LogP contribution in [-0.4, -0.2) is 31.4 Å². The number of benzene rings is 1. The molecule has 0 spiro atoms. The first-order valence-electron chi connectivity index (χ1n) is 6.05. The number of thioether (sulfide) groups is 1. The molecule has 0 bridgehead atoms. The van der Waals surface area contributed by atoms with Gasteiger partial charge in [-0.2, -0.15) is 0 Å². The number of aliphatic imine (C=N–C) groups is 1. The van der Waals surface area contributed by atoms with Crippen LogP contribution in [0.1, 0.15) is 5.56 Å². The molecule has 18 heavy (non-hydrogen) atoms. The predicted molar refractivity (Wildman–Crippen MR) is 83.7 cm³/mol. The fourth-order valence-electron chi connectivity index (χ4n) is 1.64.